The zero-order valence-corrected chi connectivity index (χ0v) is 20.2. The molecule has 0 bridgehead atoms. The first-order valence-electron chi connectivity index (χ1n) is 11.0. The molecule has 0 saturated carbocycles. The number of hydrogen-bond acceptors (Lipinski definition) is 5. The minimum Gasteiger partial charge on any atom is -0.378 e. The molecule has 3 amide bonds. The molecule has 2 fully saturated rings. The molecule has 1 aromatic heterocycles. The van der Waals surface area contributed by atoms with Crippen LogP contribution < -0.4 is 0 Å². The second kappa shape index (κ2) is 9.85. The molecule has 2 aliphatic heterocycles. The van der Waals surface area contributed by atoms with E-state index in [0.717, 1.165) is 27.6 Å². The largest absolute Gasteiger partial charge is 0.378 e. The fourth-order valence-electron chi connectivity index (χ4n) is 4.20. The van der Waals surface area contributed by atoms with Crippen molar-refractivity contribution >= 4 is 57.4 Å². The molecule has 2 aliphatic rings. The number of para-hydroxylation sites is 1. The van der Waals surface area contributed by atoms with E-state index >= 15 is 0 Å². The highest BCUT2D eigenvalue weighted by molar-refractivity contribution is 8.18. The number of halogens is 2. The van der Waals surface area contributed by atoms with Crippen LogP contribution in [0.15, 0.2) is 53.6 Å². The zero-order chi connectivity index (χ0) is 24.5. The second-order valence-corrected chi connectivity index (χ2v) is 9.59. The van der Waals surface area contributed by atoms with Crippen LogP contribution in [0.1, 0.15) is 11.1 Å². The number of fused-ring (bicyclic) bond motifs is 1. The predicted molar refractivity (Wildman–Crippen MR) is 132 cm³/mol. The number of carbonyl (C=O) groups is 3. The molecule has 5 rings (SSSR count). The molecule has 7 nitrogen and oxygen atoms in total. The van der Waals surface area contributed by atoms with Crippen molar-refractivity contribution in [1.82, 2.24) is 14.4 Å². The van der Waals surface area contributed by atoms with Gasteiger partial charge >= 0.3 is 0 Å². The highest BCUT2D eigenvalue weighted by atomic mass is 35.5. The van der Waals surface area contributed by atoms with Crippen molar-refractivity contribution in [2.24, 2.45) is 0 Å². The van der Waals surface area contributed by atoms with Gasteiger partial charge in [0.1, 0.15) is 12.4 Å². The fraction of sp³-hybridized carbons (Fsp3) is 0.240. The summed E-state index contributed by atoms with van der Waals surface area (Å²) in [5.41, 5.74) is 1.65. The number of ether oxygens (including phenoxy) is 1. The standard InChI is InChI=1S/C25H21ClFN3O4S/c26-19-5-3-6-20(27)18(19)14-30-24(32)22(35-25(30)33)12-16-13-29(21-7-2-1-4-17(16)21)15-23(31)28-8-10-34-11-9-28/h1-7,12-13H,8-11,14-15H2. The average molecular weight is 514 g/mol. The molecule has 0 unspecified atom stereocenters. The summed E-state index contributed by atoms with van der Waals surface area (Å²) in [4.78, 5) is 41.4. The lowest BCUT2D eigenvalue weighted by molar-refractivity contribution is -0.135. The van der Waals surface area contributed by atoms with Crippen LogP contribution in [0.4, 0.5) is 9.18 Å². The Morgan fingerprint density at radius 1 is 1.11 bits per heavy atom. The number of carbonyl (C=O) groups excluding carboxylic acids is 3. The maximum Gasteiger partial charge on any atom is 0.293 e. The van der Waals surface area contributed by atoms with Gasteiger partial charge in [-0.1, -0.05) is 35.9 Å². The summed E-state index contributed by atoms with van der Waals surface area (Å²) in [6.45, 7) is 2.08. The van der Waals surface area contributed by atoms with Crippen molar-refractivity contribution in [2.45, 2.75) is 13.1 Å². The first kappa shape index (κ1) is 23.6. The summed E-state index contributed by atoms with van der Waals surface area (Å²) < 4.78 is 21.4. The van der Waals surface area contributed by atoms with Crippen molar-refractivity contribution in [3.8, 4) is 0 Å². The van der Waals surface area contributed by atoms with Gasteiger partial charge in [0.2, 0.25) is 5.91 Å². The normalized spacial score (nSPS) is 17.7. The molecule has 0 spiro atoms. The summed E-state index contributed by atoms with van der Waals surface area (Å²) in [6.07, 6.45) is 3.45. The van der Waals surface area contributed by atoms with Crippen molar-refractivity contribution in [2.75, 3.05) is 26.3 Å². The third-order valence-electron chi connectivity index (χ3n) is 6.03. The Labute approximate surface area is 210 Å². The Balaban J connectivity index is 1.42. The third kappa shape index (κ3) is 4.71. The number of imide groups is 1. The smallest absolute Gasteiger partial charge is 0.293 e. The van der Waals surface area contributed by atoms with Gasteiger partial charge in [0.15, 0.2) is 0 Å². The molecule has 180 valence electrons. The Morgan fingerprint density at radius 2 is 1.89 bits per heavy atom. The van der Waals surface area contributed by atoms with Crippen molar-refractivity contribution in [3.05, 3.63) is 75.5 Å². The molecule has 2 saturated heterocycles. The van der Waals surface area contributed by atoms with Gasteiger partial charge in [-0.3, -0.25) is 19.3 Å². The number of aromatic nitrogens is 1. The van der Waals surface area contributed by atoms with Gasteiger partial charge in [0.05, 0.1) is 24.7 Å². The minimum atomic E-state index is -0.575. The average Bonchev–Trinajstić information content (AvgIpc) is 3.33. The molecule has 0 aliphatic carbocycles. The highest BCUT2D eigenvalue weighted by Crippen LogP contribution is 2.36. The van der Waals surface area contributed by atoms with Gasteiger partial charge in [-0.15, -0.1) is 0 Å². The molecule has 3 heterocycles. The number of thioether (sulfide) groups is 1. The minimum absolute atomic E-state index is 0.0114. The summed E-state index contributed by atoms with van der Waals surface area (Å²) in [6, 6.07) is 11.8. The van der Waals surface area contributed by atoms with E-state index in [1.54, 1.807) is 11.0 Å². The summed E-state index contributed by atoms with van der Waals surface area (Å²) in [5, 5.41) is 0.513. The predicted octanol–water partition coefficient (Wildman–Crippen LogP) is 4.53. The second-order valence-electron chi connectivity index (χ2n) is 8.19. The Hall–Kier alpha value is -3.14. The van der Waals surface area contributed by atoms with E-state index in [0.29, 0.717) is 31.9 Å². The SMILES string of the molecule is O=C(Cn1cc(C=C2SC(=O)N(Cc3c(F)cccc3Cl)C2=O)c2ccccc21)N1CCOCC1. The lowest BCUT2D eigenvalue weighted by Gasteiger charge is -2.27. The van der Waals surface area contributed by atoms with Crippen LogP contribution in [0.25, 0.3) is 17.0 Å². The van der Waals surface area contributed by atoms with E-state index in [-0.39, 0.29) is 34.5 Å². The Morgan fingerprint density at radius 3 is 2.66 bits per heavy atom. The summed E-state index contributed by atoms with van der Waals surface area (Å²) in [5.74, 6) is -1.10. The number of amides is 3. The monoisotopic (exact) mass is 513 g/mol. The van der Waals surface area contributed by atoms with Crippen molar-refractivity contribution < 1.29 is 23.5 Å². The van der Waals surface area contributed by atoms with Crippen molar-refractivity contribution in [1.29, 1.82) is 0 Å². The molecule has 35 heavy (non-hydrogen) atoms. The maximum atomic E-state index is 14.2. The lowest BCUT2D eigenvalue weighted by Crippen LogP contribution is -2.42. The molecule has 0 radical (unpaired) electrons. The molecular formula is C25H21ClFN3O4S. The molecule has 2 aromatic carbocycles. The summed E-state index contributed by atoms with van der Waals surface area (Å²) in [7, 11) is 0. The van der Waals surface area contributed by atoms with Crippen LogP contribution in [0.2, 0.25) is 5.02 Å². The number of rotatable bonds is 5. The first-order valence-corrected chi connectivity index (χ1v) is 12.2. The van der Waals surface area contributed by atoms with Crippen LogP contribution in [0.3, 0.4) is 0 Å². The topological polar surface area (TPSA) is 71.9 Å². The van der Waals surface area contributed by atoms with Gasteiger partial charge in [0.25, 0.3) is 11.1 Å². The lowest BCUT2D eigenvalue weighted by atomic mass is 10.1. The number of benzene rings is 2. The molecule has 3 aromatic rings. The molecular weight excluding hydrogens is 493 g/mol. The van der Waals surface area contributed by atoms with Gasteiger partial charge in [-0.2, -0.15) is 0 Å². The highest BCUT2D eigenvalue weighted by Gasteiger charge is 2.36. The molecule has 10 heteroatoms. The van der Waals surface area contributed by atoms with Gasteiger partial charge in [0, 0.05) is 46.3 Å². The Bertz CT molecular complexity index is 1350. The van der Waals surface area contributed by atoms with Crippen LogP contribution in [0, 0.1) is 5.82 Å². The van der Waals surface area contributed by atoms with E-state index in [9.17, 15) is 18.8 Å². The van der Waals surface area contributed by atoms with E-state index in [1.807, 2.05) is 35.0 Å². The number of nitrogens with zero attached hydrogens (tertiary/aromatic N) is 3. The van der Waals surface area contributed by atoms with E-state index in [2.05, 4.69) is 0 Å². The van der Waals surface area contributed by atoms with E-state index < -0.39 is 17.0 Å². The van der Waals surface area contributed by atoms with Crippen LogP contribution in [-0.2, 0) is 27.4 Å². The van der Waals surface area contributed by atoms with Crippen molar-refractivity contribution in [3.63, 3.8) is 0 Å². The molecule has 0 atom stereocenters. The van der Waals surface area contributed by atoms with Gasteiger partial charge in [-0.25, -0.2) is 4.39 Å². The zero-order valence-electron chi connectivity index (χ0n) is 18.6. The van der Waals surface area contributed by atoms with Gasteiger partial charge < -0.3 is 14.2 Å². The van der Waals surface area contributed by atoms with Crippen LogP contribution in [0.5, 0.6) is 0 Å². The molecule has 0 N–H and O–H groups in total. The quantitative estimate of drug-likeness (QED) is 0.469. The van der Waals surface area contributed by atoms with Crippen LogP contribution in [-0.4, -0.2) is 57.7 Å². The fourth-order valence-corrected chi connectivity index (χ4v) is 5.25. The third-order valence-corrected chi connectivity index (χ3v) is 7.29. The summed E-state index contributed by atoms with van der Waals surface area (Å²) >= 11 is 6.88. The number of morpholine rings is 1. The van der Waals surface area contributed by atoms with Crippen LogP contribution >= 0.6 is 23.4 Å². The van der Waals surface area contributed by atoms with E-state index in [4.69, 9.17) is 16.3 Å². The van der Waals surface area contributed by atoms with Gasteiger partial charge in [-0.05, 0) is 36.0 Å². The first-order chi connectivity index (χ1) is 16.9. The van der Waals surface area contributed by atoms with E-state index in [1.165, 1.54) is 18.2 Å². The Kier molecular flexibility index (Phi) is 6.64. The maximum absolute atomic E-state index is 14.2. The number of hydrogen-bond donors (Lipinski definition) is 0.